The van der Waals surface area contributed by atoms with Gasteiger partial charge in [-0.1, -0.05) is 12.1 Å². The number of aliphatic hydroxyl groups excluding tert-OH is 1. The van der Waals surface area contributed by atoms with Gasteiger partial charge in [-0.15, -0.1) is 0 Å². The van der Waals surface area contributed by atoms with Crippen molar-refractivity contribution in [2.24, 2.45) is 5.92 Å². The number of methoxy groups -OCH3 is 1. The average Bonchev–Trinajstić information content (AvgIpc) is 3.50. The normalized spacial score (nSPS) is 19.0. The standard InChI is InChI=1S/C28H33F4N5O3/c1-16(38)27(39)36(15-18-12-33-13-23(18)32)24(28(2,3)40-4)26-34-25(21-11-20(30)8-9-22(21)31)35-37(26)14-17-6-5-7-19(29)10-17/h5-11,16,18,23-24,33,38H,12-15H2,1-4H3. The van der Waals surface area contributed by atoms with Gasteiger partial charge in [0.1, 0.15) is 35.8 Å². The summed E-state index contributed by atoms with van der Waals surface area (Å²) in [6.45, 7) is 4.97. The molecule has 1 amide bonds. The SMILES string of the molecule is COC(C)(C)C(c1nc(-c2cc(F)ccc2F)nn1Cc1cccc(F)c1)N(CC1CNCC1F)C(=O)C(C)O. The smallest absolute Gasteiger partial charge is 0.251 e. The monoisotopic (exact) mass is 563 g/mol. The minimum absolute atomic E-state index is 0.0409. The quantitative estimate of drug-likeness (QED) is 0.366. The zero-order valence-corrected chi connectivity index (χ0v) is 22.7. The highest BCUT2D eigenvalue weighted by atomic mass is 19.1. The maximum absolute atomic E-state index is 14.8. The number of halogens is 4. The van der Waals surface area contributed by atoms with Gasteiger partial charge in [0.05, 0.1) is 17.7 Å². The predicted molar refractivity (Wildman–Crippen MR) is 139 cm³/mol. The van der Waals surface area contributed by atoms with Gasteiger partial charge in [-0.25, -0.2) is 27.2 Å². The van der Waals surface area contributed by atoms with Gasteiger partial charge in [-0.2, -0.15) is 5.10 Å². The molecule has 2 heterocycles. The lowest BCUT2D eigenvalue weighted by molar-refractivity contribution is -0.151. The number of hydrogen-bond donors (Lipinski definition) is 2. The van der Waals surface area contributed by atoms with Crippen LogP contribution in [-0.2, 0) is 16.1 Å². The molecular formula is C28H33F4N5O3. The first kappa shape index (κ1) is 29.6. The van der Waals surface area contributed by atoms with E-state index in [1.807, 2.05) is 0 Å². The molecule has 1 saturated heterocycles. The van der Waals surface area contributed by atoms with Crippen molar-refractivity contribution in [2.75, 3.05) is 26.7 Å². The van der Waals surface area contributed by atoms with E-state index in [0.717, 1.165) is 18.2 Å². The summed E-state index contributed by atoms with van der Waals surface area (Å²) in [6.07, 6.45) is -2.68. The summed E-state index contributed by atoms with van der Waals surface area (Å²) in [5.74, 6) is -3.32. The fraction of sp³-hybridized carbons (Fsp3) is 0.464. The second-order valence-corrected chi connectivity index (χ2v) is 10.5. The summed E-state index contributed by atoms with van der Waals surface area (Å²) in [6, 6.07) is 7.54. The fourth-order valence-corrected chi connectivity index (χ4v) is 4.90. The van der Waals surface area contributed by atoms with Gasteiger partial charge in [0.15, 0.2) is 11.6 Å². The number of carbonyl (C=O) groups excluding carboxylic acids is 1. The Morgan fingerprint density at radius 3 is 2.55 bits per heavy atom. The molecule has 1 aliphatic rings. The Balaban J connectivity index is 1.92. The van der Waals surface area contributed by atoms with Crippen LogP contribution in [0.3, 0.4) is 0 Å². The molecule has 1 aliphatic heterocycles. The molecule has 0 saturated carbocycles. The van der Waals surface area contributed by atoms with Crippen molar-refractivity contribution in [1.82, 2.24) is 25.0 Å². The lowest BCUT2D eigenvalue weighted by Gasteiger charge is -2.42. The van der Waals surface area contributed by atoms with Gasteiger partial charge in [0, 0.05) is 32.7 Å². The van der Waals surface area contributed by atoms with Crippen LogP contribution in [0, 0.1) is 23.4 Å². The molecule has 0 spiro atoms. The molecule has 4 unspecified atom stereocenters. The number of ether oxygens (including phenoxy) is 1. The minimum atomic E-state index is -1.44. The lowest BCUT2D eigenvalue weighted by atomic mass is 9.93. The molecular weight excluding hydrogens is 530 g/mol. The molecule has 8 nitrogen and oxygen atoms in total. The van der Waals surface area contributed by atoms with E-state index in [9.17, 15) is 27.5 Å². The molecule has 12 heteroatoms. The van der Waals surface area contributed by atoms with Gasteiger partial charge in [0.25, 0.3) is 5.91 Å². The van der Waals surface area contributed by atoms with Crippen molar-refractivity contribution in [3.05, 3.63) is 71.3 Å². The van der Waals surface area contributed by atoms with Gasteiger partial charge < -0.3 is 20.1 Å². The molecule has 0 aliphatic carbocycles. The van der Waals surface area contributed by atoms with Gasteiger partial charge in [-0.3, -0.25) is 4.79 Å². The molecule has 4 atom stereocenters. The van der Waals surface area contributed by atoms with E-state index >= 15 is 0 Å². The Bertz CT molecular complexity index is 1350. The van der Waals surface area contributed by atoms with Crippen LogP contribution < -0.4 is 5.32 Å². The predicted octanol–water partition coefficient (Wildman–Crippen LogP) is 3.64. The average molecular weight is 564 g/mol. The number of alkyl halides is 1. The minimum Gasteiger partial charge on any atom is -0.384 e. The molecule has 3 aromatic rings. The van der Waals surface area contributed by atoms with E-state index in [-0.39, 0.29) is 36.8 Å². The summed E-state index contributed by atoms with van der Waals surface area (Å²) in [5, 5.41) is 17.7. The first-order valence-corrected chi connectivity index (χ1v) is 12.9. The van der Waals surface area contributed by atoms with Crippen molar-refractivity contribution in [2.45, 2.75) is 51.2 Å². The fourth-order valence-electron chi connectivity index (χ4n) is 4.90. The molecule has 1 aromatic heterocycles. The van der Waals surface area contributed by atoms with Gasteiger partial charge in [-0.05, 0) is 56.7 Å². The highest BCUT2D eigenvalue weighted by Gasteiger charge is 2.45. The number of carbonyl (C=O) groups is 1. The number of rotatable bonds is 10. The first-order valence-electron chi connectivity index (χ1n) is 12.9. The number of aliphatic hydroxyl groups is 1. The van der Waals surface area contributed by atoms with Crippen molar-refractivity contribution in [1.29, 1.82) is 0 Å². The Labute approximate surface area is 230 Å². The molecule has 1 fully saturated rings. The van der Waals surface area contributed by atoms with E-state index in [2.05, 4.69) is 15.4 Å². The number of aromatic nitrogens is 3. The van der Waals surface area contributed by atoms with Crippen LogP contribution in [0.25, 0.3) is 11.4 Å². The van der Waals surface area contributed by atoms with E-state index in [1.54, 1.807) is 19.9 Å². The molecule has 2 N–H and O–H groups in total. The van der Waals surface area contributed by atoms with Crippen molar-refractivity contribution in [3.63, 3.8) is 0 Å². The van der Waals surface area contributed by atoms with E-state index in [4.69, 9.17) is 4.74 Å². The van der Waals surface area contributed by atoms with Gasteiger partial charge >= 0.3 is 0 Å². The van der Waals surface area contributed by atoms with Gasteiger partial charge in [0.2, 0.25) is 0 Å². The van der Waals surface area contributed by atoms with Crippen LogP contribution in [0.1, 0.15) is 38.2 Å². The Hall–Kier alpha value is -3.35. The van der Waals surface area contributed by atoms with Crippen LogP contribution in [0.4, 0.5) is 17.6 Å². The van der Waals surface area contributed by atoms with E-state index < -0.39 is 53.2 Å². The largest absolute Gasteiger partial charge is 0.384 e. The van der Waals surface area contributed by atoms with Crippen LogP contribution in [0.5, 0.6) is 0 Å². The van der Waals surface area contributed by atoms with Crippen LogP contribution in [-0.4, -0.2) is 75.3 Å². The van der Waals surface area contributed by atoms with Crippen molar-refractivity contribution in [3.8, 4) is 11.4 Å². The molecule has 0 bridgehead atoms. The summed E-state index contributed by atoms with van der Waals surface area (Å²) in [5.41, 5.74) is -0.915. The van der Waals surface area contributed by atoms with E-state index in [0.29, 0.717) is 12.1 Å². The number of nitrogens with one attached hydrogen (secondary N) is 1. The van der Waals surface area contributed by atoms with Crippen molar-refractivity contribution < 1.29 is 32.2 Å². The maximum Gasteiger partial charge on any atom is 0.251 e. The zero-order chi connectivity index (χ0) is 29.2. The third-order valence-electron chi connectivity index (χ3n) is 7.16. The van der Waals surface area contributed by atoms with Crippen LogP contribution >= 0.6 is 0 Å². The lowest BCUT2D eigenvalue weighted by Crippen LogP contribution is -2.52. The Morgan fingerprint density at radius 1 is 1.20 bits per heavy atom. The van der Waals surface area contributed by atoms with Crippen molar-refractivity contribution >= 4 is 5.91 Å². The molecule has 2 aromatic carbocycles. The summed E-state index contributed by atoms with van der Waals surface area (Å²) in [7, 11) is 1.42. The Morgan fingerprint density at radius 2 is 1.93 bits per heavy atom. The number of hydrogen-bond acceptors (Lipinski definition) is 6. The summed E-state index contributed by atoms with van der Waals surface area (Å²) < 4.78 is 64.8. The molecule has 40 heavy (non-hydrogen) atoms. The first-order chi connectivity index (χ1) is 18.9. The second-order valence-electron chi connectivity index (χ2n) is 10.5. The third kappa shape index (κ3) is 6.34. The van der Waals surface area contributed by atoms with Crippen LogP contribution in [0.15, 0.2) is 42.5 Å². The molecule has 0 radical (unpaired) electrons. The third-order valence-corrected chi connectivity index (χ3v) is 7.16. The molecule has 216 valence electrons. The maximum atomic E-state index is 14.8. The Kier molecular flexibility index (Phi) is 8.91. The van der Waals surface area contributed by atoms with Crippen LogP contribution in [0.2, 0.25) is 0 Å². The highest BCUT2D eigenvalue weighted by molar-refractivity contribution is 5.81. The summed E-state index contributed by atoms with van der Waals surface area (Å²) in [4.78, 5) is 19.3. The zero-order valence-electron chi connectivity index (χ0n) is 22.7. The number of nitrogens with zero attached hydrogens (tertiary/aromatic N) is 4. The number of benzene rings is 2. The topological polar surface area (TPSA) is 92.5 Å². The highest BCUT2D eigenvalue weighted by Crippen LogP contribution is 2.37. The second kappa shape index (κ2) is 12.0. The summed E-state index contributed by atoms with van der Waals surface area (Å²) >= 11 is 0. The molecule has 4 rings (SSSR count). The number of amides is 1. The van der Waals surface area contributed by atoms with E-state index in [1.165, 1.54) is 41.8 Å².